The molecular formula is C36H48Cl2N4O2. The van der Waals surface area contributed by atoms with Crippen LogP contribution in [0.25, 0.3) is 0 Å². The van der Waals surface area contributed by atoms with Crippen molar-refractivity contribution in [3.63, 3.8) is 0 Å². The zero-order chi connectivity index (χ0) is 31.9. The largest absolute Gasteiger partial charge is 0.496 e. The zero-order valence-corrected chi connectivity index (χ0v) is 28.3. The van der Waals surface area contributed by atoms with Gasteiger partial charge in [0.15, 0.2) is 0 Å². The van der Waals surface area contributed by atoms with Crippen LogP contribution in [0.4, 0.5) is 0 Å². The Morgan fingerprint density at radius 3 is 1.75 bits per heavy atom. The Morgan fingerprint density at radius 2 is 1.27 bits per heavy atom. The molecule has 0 saturated heterocycles. The summed E-state index contributed by atoms with van der Waals surface area (Å²) in [6, 6.07) is 23.7. The zero-order valence-electron chi connectivity index (χ0n) is 26.8. The normalized spacial score (nSPS) is 18.4. The maximum atomic E-state index is 13.3. The van der Waals surface area contributed by atoms with Crippen LogP contribution in [0.5, 0.6) is 5.75 Å². The summed E-state index contributed by atoms with van der Waals surface area (Å²) >= 11 is 12.4. The summed E-state index contributed by atoms with van der Waals surface area (Å²) in [5, 5.41) is 3.97. The Morgan fingerprint density at radius 1 is 0.795 bits per heavy atom. The molecule has 0 spiro atoms. The Bertz CT molecular complexity index is 1360. The van der Waals surface area contributed by atoms with E-state index in [1.807, 2.05) is 24.3 Å². The predicted molar refractivity (Wildman–Crippen MR) is 183 cm³/mol. The first-order chi connectivity index (χ1) is 21.1. The lowest BCUT2D eigenvalue weighted by molar-refractivity contribution is 0.0764. The van der Waals surface area contributed by atoms with Crippen molar-refractivity contribution >= 4 is 29.1 Å². The molecule has 0 aliphatic heterocycles. The van der Waals surface area contributed by atoms with Crippen molar-refractivity contribution in [3.8, 4) is 5.75 Å². The first-order valence-corrected chi connectivity index (χ1v) is 16.4. The molecule has 2 fully saturated rings. The minimum Gasteiger partial charge on any atom is -0.496 e. The van der Waals surface area contributed by atoms with Gasteiger partial charge in [-0.05, 0) is 77.1 Å². The molecular weight excluding hydrogens is 591 g/mol. The van der Waals surface area contributed by atoms with Crippen molar-refractivity contribution in [2.45, 2.75) is 74.5 Å². The number of nitrogens with two attached hydrogens (primary N) is 1. The Labute approximate surface area is 273 Å². The summed E-state index contributed by atoms with van der Waals surface area (Å²) in [6.45, 7) is 0. The van der Waals surface area contributed by atoms with Gasteiger partial charge < -0.3 is 25.6 Å². The van der Waals surface area contributed by atoms with Crippen molar-refractivity contribution in [1.29, 1.82) is 0 Å². The molecule has 2 aliphatic rings. The van der Waals surface area contributed by atoms with Crippen molar-refractivity contribution in [2.75, 3.05) is 35.3 Å². The number of hydrogen-bond acceptors (Lipinski definition) is 5. The third-order valence-electron chi connectivity index (χ3n) is 9.87. The maximum Gasteiger partial charge on any atom is 0.257 e. The molecule has 2 aliphatic carbocycles. The van der Waals surface area contributed by atoms with Crippen molar-refractivity contribution in [2.24, 2.45) is 5.73 Å². The number of methoxy groups -OCH3 is 1. The van der Waals surface area contributed by atoms with E-state index in [1.165, 1.54) is 38.4 Å². The summed E-state index contributed by atoms with van der Waals surface area (Å²) < 4.78 is 5.37. The highest BCUT2D eigenvalue weighted by atomic mass is 35.5. The van der Waals surface area contributed by atoms with Crippen LogP contribution in [0.15, 0.2) is 72.8 Å². The minimum atomic E-state index is -0.263. The quantitative estimate of drug-likeness (QED) is 0.249. The van der Waals surface area contributed by atoms with Gasteiger partial charge in [-0.1, -0.05) is 110 Å². The fourth-order valence-electron chi connectivity index (χ4n) is 7.28. The van der Waals surface area contributed by atoms with Crippen LogP contribution in [0.1, 0.15) is 84.9 Å². The highest BCUT2D eigenvalue weighted by Gasteiger charge is 2.45. The highest BCUT2D eigenvalue weighted by Crippen LogP contribution is 2.44. The van der Waals surface area contributed by atoms with Gasteiger partial charge in [-0.3, -0.25) is 4.79 Å². The molecule has 0 radical (unpaired) electrons. The summed E-state index contributed by atoms with van der Waals surface area (Å²) in [5.41, 5.74) is 9.16. The average molecular weight is 640 g/mol. The van der Waals surface area contributed by atoms with Crippen LogP contribution in [-0.2, 0) is 0 Å². The number of nitrogens with one attached hydrogen (secondary N) is 1. The molecule has 5 rings (SSSR count). The molecule has 0 aromatic heterocycles. The number of halogens is 2. The number of carbonyl (C=O) groups excluding carboxylic acids is 1. The number of ether oxygens (including phenoxy) is 1. The molecule has 3 aromatic carbocycles. The van der Waals surface area contributed by atoms with Gasteiger partial charge in [0.05, 0.1) is 18.2 Å². The first kappa shape index (κ1) is 34.3. The number of amides is 1. The van der Waals surface area contributed by atoms with E-state index in [0.717, 1.165) is 31.2 Å². The van der Waals surface area contributed by atoms with Gasteiger partial charge in [-0.2, -0.15) is 0 Å². The smallest absolute Gasteiger partial charge is 0.257 e. The lowest BCUT2D eigenvalue weighted by Crippen LogP contribution is -2.53. The topological polar surface area (TPSA) is 70.8 Å². The number of likely N-dealkylation sites (N-methyl/N-ethyl adjacent to an activating group) is 2. The Hall–Kier alpha value is -2.61. The molecule has 2 atom stereocenters. The van der Waals surface area contributed by atoms with E-state index < -0.39 is 0 Å². The van der Waals surface area contributed by atoms with E-state index in [9.17, 15) is 4.79 Å². The van der Waals surface area contributed by atoms with Crippen LogP contribution in [0.2, 0.25) is 10.0 Å². The second kappa shape index (κ2) is 15.1. The summed E-state index contributed by atoms with van der Waals surface area (Å²) in [4.78, 5) is 17.9. The molecule has 3 N–H and O–H groups in total. The fraction of sp³-hybridized carbons (Fsp3) is 0.472. The molecule has 3 aromatic rings. The molecule has 2 unspecified atom stereocenters. The van der Waals surface area contributed by atoms with E-state index in [4.69, 9.17) is 33.7 Å². The van der Waals surface area contributed by atoms with Gasteiger partial charge in [-0.25, -0.2) is 0 Å². The van der Waals surface area contributed by atoms with Crippen molar-refractivity contribution in [1.82, 2.24) is 15.1 Å². The standard InChI is InChI=1S/C22H26Cl2N2O2.C14H22N2/c1-26(2)22(11-7-8-12-22)20(15-9-5-4-6-10-15)25-21(27)19-17(24)13-16(23)14-18(19)28-3;1-16(2)14(10-6-7-11-14)13(15)12-8-4-3-5-9-12/h4-6,9-10,13-14,20H,7-8,11-12H2,1-3H3,(H,25,27);3-5,8-9,13H,6-7,10-11,15H2,1-2H3. The number of nitrogens with zero attached hydrogens (tertiary/aromatic N) is 2. The van der Waals surface area contributed by atoms with Gasteiger partial charge in [0.2, 0.25) is 0 Å². The van der Waals surface area contributed by atoms with Crippen molar-refractivity contribution < 1.29 is 9.53 Å². The number of rotatable bonds is 9. The van der Waals surface area contributed by atoms with Gasteiger partial charge in [0.1, 0.15) is 11.3 Å². The molecule has 8 heteroatoms. The average Bonchev–Trinajstić information content (AvgIpc) is 3.72. The van der Waals surface area contributed by atoms with Crippen LogP contribution < -0.4 is 15.8 Å². The third kappa shape index (κ3) is 7.27. The van der Waals surface area contributed by atoms with Crippen molar-refractivity contribution in [3.05, 3.63) is 99.5 Å². The van der Waals surface area contributed by atoms with E-state index in [-0.39, 0.29) is 34.1 Å². The monoisotopic (exact) mass is 638 g/mol. The molecule has 0 bridgehead atoms. The summed E-state index contributed by atoms with van der Waals surface area (Å²) in [7, 11) is 10.0. The van der Waals surface area contributed by atoms with Crippen LogP contribution in [0, 0.1) is 0 Å². The van der Waals surface area contributed by atoms with Gasteiger partial charge in [-0.15, -0.1) is 0 Å². The molecule has 0 heterocycles. The highest BCUT2D eigenvalue weighted by molar-refractivity contribution is 6.37. The van der Waals surface area contributed by atoms with Crippen LogP contribution in [-0.4, -0.2) is 62.1 Å². The summed E-state index contributed by atoms with van der Waals surface area (Å²) in [6.07, 6.45) is 9.37. The Balaban J connectivity index is 0.000000233. The number of carbonyl (C=O) groups is 1. The van der Waals surface area contributed by atoms with Gasteiger partial charge >= 0.3 is 0 Å². The van der Waals surface area contributed by atoms with Gasteiger partial charge in [0, 0.05) is 22.1 Å². The fourth-order valence-corrected chi connectivity index (χ4v) is 7.84. The molecule has 44 heavy (non-hydrogen) atoms. The van der Waals surface area contributed by atoms with Crippen LogP contribution in [0.3, 0.4) is 0 Å². The number of hydrogen-bond donors (Lipinski definition) is 2. The predicted octanol–water partition coefficient (Wildman–Crippen LogP) is 7.91. The second-order valence-corrected chi connectivity index (χ2v) is 13.4. The molecule has 238 valence electrons. The van der Waals surface area contributed by atoms with E-state index in [2.05, 4.69) is 79.7 Å². The second-order valence-electron chi connectivity index (χ2n) is 12.6. The Kier molecular flexibility index (Phi) is 11.8. The molecule has 1 amide bonds. The van der Waals surface area contributed by atoms with Gasteiger partial charge in [0.25, 0.3) is 5.91 Å². The number of benzene rings is 3. The molecule has 6 nitrogen and oxygen atoms in total. The SMILES string of the molecule is CN(C)C1(C(N)c2ccccc2)CCCC1.COc1cc(Cl)cc(Cl)c1C(=O)NC(c1ccccc1)C1(N(C)C)CCCC1. The van der Waals surface area contributed by atoms with E-state index in [1.54, 1.807) is 12.1 Å². The minimum absolute atomic E-state index is 0.131. The van der Waals surface area contributed by atoms with E-state index in [0.29, 0.717) is 16.3 Å². The summed E-state index contributed by atoms with van der Waals surface area (Å²) in [5.74, 6) is 0.104. The lowest BCUT2D eigenvalue weighted by Gasteiger charge is -2.44. The maximum absolute atomic E-state index is 13.3. The molecule has 2 saturated carbocycles. The first-order valence-electron chi connectivity index (χ1n) is 15.6. The van der Waals surface area contributed by atoms with E-state index >= 15 is 0 Å². The lowest BCUT2D eigenvalue weighted by atomic mass is 9.82. The third-order valence-corrected chi connectivity index (χ3v) is 10.4. The van der Waals surface area contributed by atoms with Crippen LogP contribution >= 0.6 is 23.2 Å².